The van der Waals surface area contributed by atoms with Gasteiger partial charge in [-0.1, -0.05) is 6.07 Å². The molecule has 0 saturated heterocycles. The van der Waals surface area contributed by atoms with Crippen LogP contribution in [0.1, 0.15) is 11.7 Å². The monoisotopic (exact) mass is 344 g/mol. The molecule has 8 heteroatoms. The van der Waals surface area contributed by atoms with Crippen molar-refractivity contribution in [1.29, 1.82) is 0 Å². The van der Waals surface area contributed by atoms with Crippen LogP contribution < -0.4 is 10.9 Å². The highest BCUT2D eigenvalue weighted by Crippen LogP contribution is 2.13. The van der Waals surface area contributed by atoms with Crippen molar-refractivity contribution in [3.63, 3.8) is 0 Å². The summed E-state index contributed by atoms with van der Waals surface area (Å²) in [7, 11) is 1.56. The second kappa shape index (κ2) is 7.33. The molecule has 0 aliphatic heterocycles. The highest BCUT2D eigenvalue weighted by molar-refractivity contribution is 7.17. The Morgan fingerprint density at radius 2 is 2.25 bits per heavy atom. The Bertz CT molecular complexity index is 891. The molecule has 3 heterocycles. The highest BCUT2D eigenvalue weighted by Gasteiger charge is 2.16. The van der Waals surface area contributed by atoms with Gasteiger partial charge in [0.25, 0.3) is 5.56 Å². The number of nitrogens with one attached hydrogen (secondary N) is 1. The van der Waals surface area contributed by atoms with Crippen molar-refractivity contribution in [3.8, 4) is 0 Å². The van der Waals surface area contributed by atoms with Crippen LogP contribution in [-0.2, 0) is 16.1 Å². The van der Waals surface area contributed by atoms with Crippen LogP contribution in [0.3, 0.4) is 0 Å². The van der Waals surface area contributed by atoms with Crippen molar-refractivity contribution >= 4 is 27.5 Å². The van der Waals surface area contributed by atoms with E-state index < -0.39 is 0 Å². The third-order valence-corrected chi connectivity index (χ3v) is 4.35. The first kappa shape index (κ1) is 16.3. The Morgan fingerprint density at radius 3 is 3.00 bits per heavy atom. The van der Waals surface area contributed by atoms with Gasteiger partial charge in [-0.05, 0) is 23.6 Å². The average molecular weight is 344 g/mol. The van der Waals surface area contributed by atoms with Crippen molar-refractivity contribution in [1.82, 2.24) is 19.9 Å². The molecule has 124 valence electrons. The summed E-state index contributed by atoms with van der Waals surface area (Å²) in [5, 5.41) is 4.65. The molecule has 0 fully saturated rings. The number of nitrogens with zero attached hydrogens (tertiary/aromatic N) is 3. The molecule has 0 aromatic carbocycles. The standard InChI is InChI=1S/C16H16N4O3S/c1-23-9-13(11-4-2-3-6-17-11)19-14(21)8-20-10-18-12-5-7-24-15(12)16(20)22/h2-7,10,13H,8-9H2,1H3,(H,19,21). The topological polar surface area (TPSA) is 86.1 Å². The predicted molar refractivity (Wildman–Crippen MR) is 90.9 cm³/mol. The summed E-state index contributed by atoms with van der Waals surface area (Å²) in [6, 6.07) is 6.86. The minimum absolute atomic E-state index is 0.104. The first-order valence-corrected chi connectivity index (χ1v) is 8.19. The molecule has 1 atom stereocenters. The van der Waals surface area contributed by atoms with Gasteiger partial charge in [0.15, 0.2) is 0 Å². The van der Waals surface area contributed by atoms with Crippen LogP contribution in [-0.4, -0.2) is 34.2 Å². The third kappa shape index (κ3) is 3.50. The lowest BCUT2D eigenvalue weighted by Gasteiger charge is -2.17. The number of carbonyl (C=O) groups is 1. The van der Waals surface area contributed by atoms with Gasteiger partial charge in [0.05, 0.1) is 30.2 Å². The number of fused-ring (bicyclic) bond motifs is 1. The van der Waals surface area contributed by atoms with Gasteiger partial charge in [-0.3, -0.25) is 19.1 Å². The molecule has 0 saturated carbocycles. The van der Waals surface area contributed by atoms with E-state index in [1.54, 1.807) is 30.8 Å². The van der Waals surface area contributed by atoms with Crippen LogP contribution in [0.25, 0.3) is 10.2 Å². The number of amides is 1. The Hall–Kier alpha value is -2.58. The zero-order valence-electron chi connectivity index (χ0n) is 13.0. The smallest absolute Gasteiger partial charge is 0.271 e. The van der Waals surface area contributed by atoms with Gasteiger partial charge in [-0.2, -0.15) is 0 Å². The molecule has 7 nitrogen and oxygen atoms in total. The van der Waals surface area contributed by atoms with Crippen molar-refractivity contribution in [2.24, 2.45) is 0 Å². The normalized spacial score (nSPS) is 12.2. The van der Waals surface area contributed by atoms with Crippen LogP contribution in [0.5, 0.6) is 0 Å². The molecular weight excluding hydrogens is 328 g/mol. The molecular formula is C16H16N4O3S. The maximum Gasteiger partial charge on any atom is 0.271 e. The molecule has 24 heavy (non-hydrogen) atoms. The fourth-order valence-corrected chi connectivity index (χ4v) is 3.13. The van der Waals surface area contributed by atoms with E-state index in [0.717, 1.165) is 0 Å². The lowest BCUT2D eigenvalue weighted by atomic mass is 10.2. The van der Waals surface area contributed by atoms with Crippen molar-refractivity contribution in [2.45, 2.75) is 12.6 Å². The van der Waals surface area contributed by atoms with E-state index in [4.69, 9.17) is 4.74 Å². The lowest BCUT2D eigenvalue weighted by molar-refractivity contribution is -0.122. The van der Waals surface area contributed by atoms with E-state index >= 15 is 0 Å². The summed E-state index contributed by atoms with van der Waals surface area (Å²) in [5.74, 6) is -0.303. The SMILES string of the molecule is COCC(NC(=O)Cn1cnc2ccsc2c1=O)c1ccccn1. The molecule has 1 unspecified atom stereocenters. The van der Waals surface area contributed by atoms with Crippen LogP contribution in [0.2, 0.25) is 0 Å². The van der Waals surface area contributed by atoms with Gasteiger partial charge in [0, 0.05) is 13.3 Å². The summed E-state index contributed by atoms with van der Waals surface area (Å²) in [4.78, 5) is 33.1. The summed E-state index contributed by atoms with van der Waals surface area (Å²) in [6.45, 7) is 0.187. The summed E-state index contributed by atoms with van der Waals surface area (Å²) in [5.41, 5.74) is 1.13. The molecule has 3 rings (SSSR count). The van der Waals surface area contributed by atoms with Gasteiger partial charge in [0.1, 0.15) is 11.2 Å². The van der Waals surface area contributed by atoms with E-state index in [-0.39, 0.29) is 24.1 Å². The van der Waals surface area contributed by atoms with Crippen molar-refractivity contribution in [2.75, 3.05) is 13.7 Å². The zero-order valence-corrected chi connectivity index (χ0v) is 13.8. The molecule has 3 aromatic rings. The van der Waals surface area contributed by atoms with E-state index in [9.17, 15) is 9.59 Å². The van der Waals surface area contributed by atoms with Gasteiger partial charge in [0.2, 0.25) is 5.91 Å². The van der Waals surface area contributed by atoms with Crippen LogP contribution in [0, 0.1) is 0 Å². The Balaban J connectivity index is 1.75. The van der Waals surface area contributed by atoms with E-state index in [1.807, 2.05) is 12.1 Å². The number of thiophene rings is 1. The largest absolute Gasteiger partial charge is 0.382 e. The lowest BCUT2D eigenvalue weighted by Crippen LogP contribution is -2.36. The van der Waals surface area contributed by atoms with Gasteiger partial charge in [-0.15, -0.1) is 11.3 Å². The molecule has 1 amide bonds. The number of carbonyl (C=O) groups excluding carboxylic acids is 1. The molecule has 0 spiro atoms. The average Bonchev–Trinajstić information content (AvgIpc) is 3.07. The van der Waals surface area contributed by atoms with Crippen LogP contribution >= 0.6 is 11.3 Å². The van der Waals surface area contributed by atoms with Crippen molar-refractivity contribution < 1.29 is 9.53 Å². The van der Waals surface area contributed by atoms with Gasteiger partial charge >= 0.3 is 0 Å². The molecule has 3 aromatic heterocycles. The number of rotatable bonds is 6. The minimum atomic E-state index is -0.377. The Morgan fingerprint density at radius 1 is 1.38 bits per heavy atom. The zero-order chi connectivity index (χ0) is 16.9. The first-order chi connectivity index (χ1) is 11.7. The van der Waals surface area contributed by atoms with Crippen molar-refractivity contribution in [3.05, 3.63) is 58.2 Å². The summed E-state index contributed by atoms with van der Waals surface area (Å²) >= 11 is 1.32. The van der Waals surface area contributed by atoms with E-state index in [1.165, 1.54) is 22.2 Å². The maximum absolute atomic E-state index is 12.3. The fourth-order valence-electron chi connectivity index (χ4n) is 2.34. The number of aromatic nitrogens is 3. The number of hydrogen-bond donors (Lipinski definition) is 1. The molecule has 0 aliphatic rings. The van der Waals surface area contributed by atoms with E-state index in [2.05, 4.69) is 15.3 Å². The quantitative estimate of drug-likeness (QED) is 0.730. The van der Waals surface area contributed by atoms with Gasteiger partial charge < -0.3 is 10.1 Å². The van der Waals surface area contributed by atoms with Crippen LogP contribution in [0.15, 0.2) is 47.0 Å². The minimum Gasteiger partial charge on any atom is -0.382 e. The predicted octanol–water partition coefficient (Wildman–Crippen LogP) is 1.36. The highest BCUT2D eigenvalue weighted by atomic mass is 32.1. The second-order valence-electron chi connectivity index (χ2n) is 5.14. The Kier molecular flexibility index (Phi) is 4.97. The molecule has 0 aliphatic carbocycles. The number of pyridine rings is 1. The number of methoxy groups -OCH3 is 1. The second-order valence-corrected chi connectivity index (χ2v) is 6.06. The maximum atomic E-state index is 12.3. The molecule has 0 bridgehead atoms. The molecule has 1 N–H and O–H groups in total. The Labute approximate surface area is 141 Å². The third-order valence-electron chi connectivity index (χ3n) is 3.46. The molecule has 0 radical (unpaired) electrons. The summed E-state index contributed by atoms with van der Waals surface area (Å²) in [6.07, 6.45) is 3.05. The fraction of sp³-hybridized carbons (Fsp3) is 0.250. The first-order valence-electron chi connectivity index (χ1n) is 7.31. The summed E-state index contributed by atoms with van der Waals surface area (Å²) < 4.78 is 6.99. The van der Waals surface area contributed by atoms with E-state index in [0.29, 0.717) is 22.5 Å². The number of hydrogen-bond acceptors (Lipinski definition) is 6. The van der Waals surface area contributed by atoms with Gasteiger partial charge in [-0.25, -0.2) is 4.98 Å². The number of ether oxygens (including phenoxy) is 1. The van der Waals surface area contributed by atoms with Crippen LogP contribution in [0.4, 0.5) is 0 Å².